The highest BCUT2D eigenvalue weighted by Gasteiger charge is 2.30. The molecule has 2 N–H and O–H groups in total. The van der Waals surface area contributed by atoms with Gasteiger partial charge in [0.1, 0.15) is 28.7 Å². The Morgan fingerprint density at radius 1 is 1.13 bits per heavy atom. The Morgan fingerprint density at radius 3 is 2.59 bits per heavy atom. The minimum atomic E-state index is -4.26. The second-order valence-corrected chi connectivity index (χ2v) is 15.3. The van der Waals surface area contributed by atoms with Crippen LogP contribution in [0.25, 0.3) is 21.1 Å². The van der Waals surface area contributed by atoms with Crippen molar-refractivity contribution in [3.8, 4) is 6.07 Å². The first kappa shape index (κ1) is 32.5. The highest BCUT2D eigenvalue weighted by atomic mass is 32.2. The van der Waals surface area contributed by atoms with E-state index in [0.717, 1.165) is 74.3 Å². The zero-order chi connectivity index (χ0) is 32.6. The van der Waals surface area contributed by atoms with E-state index in [1.807, 2.05) is 6.07 Å². The van der Waals surface area contributed by atoms with Gasteiger partial charge in [-0.1, -0.05) is 12.6 Å². The molecule has 2 saturated heterocycles. The lowest BCUT2D eigenvalue weighted by molar-refractivity contribution is -0.126. The molecule has 9 nitrogen and oxygen atoms in total. The third-order valence-corrected chi connectivity index (χ3v) is 11.2. The zero-order valence-electron chi connectivity index (χ0n) is 25.6. The van der Waals surface area contributed by atoms with Crippen molar-refractivity contribution in [3.63, 3.8) is 0 Å². The maximum atomic E-state index is 12.9. The summed E-state index contributed by atoms with van der Waals surface area (Å²) in [6, 6.07) is 10.5. The number of hydrogen-bond acceptors (Lipinski definition) is 8. The van der Waals surface area contributed by atoms with E-state index in [2.05, 4.69) is 71.9 Å². The van der Waals surface area contributed by atoms with Gasteiger partial charge in [-0.3, -0.25) is 9.80 Å². The van der Waals surface area contributed by atoms with Crippen molar-refractivity contribution in [3.05, 3.63) is 64.3 Å². The number of likely N-dealkylation sites (tertiary alicyclic amines) is 2. The number of aromatic nitrogens is 3. The fourth-order valence-corrected chi connectivity index (χ4v) is 8.24. The highest BCUT2D eigenvalue weighted by Crippen LogP contribution is 2.33. The highest BCUT2D eigenvalue weighted by molar-refractivity contribution is 8.01. The van der Waals surface area contributed by atoms with E-state index < -0.39 is 22.3 Å². The molecule has 0 aliphatic carbocycles. The molecule has 2 fully saturated rings. The molecule has 0 radical (unpaired) electrons. The molecule has 46 heavy (non-hydrogen) atoms. The van der Waals surface area contributed by atoms with Crippen LogP contribution >= 0.6 is 11.3 Å². The number of nitrogens with zero attached hydrogens (tertiary/aromatic N) is 6. The summed E-state index contributed by atoms with van der Waals surface area (Å²) in [6.07, 6.45) is -2.05. The topological polar surface area (TPSA) is 102 Å². The van der Waals surface area contributed by atoms with E-state index in [1.54, 1.807) is 6.07 Å². The van der Waals surface area contributed by atoms with Gasteiger partial charge in [0.25, 0.3) is 0 Å². The molecule has 4 aromatic rings. The molecule has 14 heteroatoms. The van der Waals surface area contributed by atoms with Crippen LogP contribution < -0.4 is 10.0 Å². The van der Waals surface area contributed by atoms with Crippen LogP contribution in [0.4, 0.5) is 19.0 Å². The number of piperidine rings is 1. The van der Waals surface area contributed by atoms with Crippen LogP contribution in [0.5, 0.6) is 0 Å². The Balaban J connectivity index is 1.05. The van der Waals surface area contributed by atoms with Crippen molar-refractivity contribution in [1.29, 1.82) is 5.26 Å². The summed E-state index contributed by atoms with van der Waals surface area (Å²) in [5, 5.41) is 16.5. The molecule has 1 unspecified atom stereocenters. The number of hydrogen-bond donors (Lipinski definition) is 2. The molecule has 244 valence electrons. The van der Waals surface area contributed by atoms with Crippen LogP contribution in [-0.2, 0) is 29.2 Å². The molecule has 2 aliphatic rings. The van der Waals surface area contributed by atoms with Crippen LogP contribution in [0.15, 0.2) is 42.6 Å². The Hall–Kier alpha value is -3.48. The first-order chi connectivity index (χ1) is 21.9. The van der Waals surface area contributed by atoms with Crippen molar-refractivity contribution in [2.24, 2.45) is 0 Å². The van der Waals surface area contributed by atoms with Gasteiger partial charge in [0.15, 0.2) is 0 Å². The first-order valence-corrected chi connectivity index (χ1v) is 17.8. The average Bonchev–Trinajstić information content (AvgIpc) is 3.57. The summed E-state index contributed by atoms with van der Waals surface area (Å²) in [5.74, 6) is 4.26. The molecule has 0 bridgehead atoms. The van der Waals surface area contributed by atoms with Crippen molar-refractivity contribution >= 4 is 53.9 Å². The van der Waals surface area contributed by atoms with Crippen molar-refractivity contribution in [1.82, 2.24) is 29.1 Å². The second-order valence-electron chi connectivity index (χ2n) is 12.2. The smallest absolute Gasteiger partial charge is 0.367 e. The van der Waals surface area contributed by atoms with Gasteiger partial charge in [0.2, 0.25) is 0 Å². The number of nitriles is 1. The number of alkyl halides is 3. The minimum Gasteiger partial charge on any atom is -0.367 e. The summed E-state index contributed by atoms with van der Waals surface area (Å²) in [5.41, 5.74) is 4.08. The van der Waals surface area contributed by atoms with Crippen LogP contribution in [0.2, 0.25) is 0 Å². The van der Waals surface area contributed by atoms with Crippen LogP contribution in [-0.4, -0.2) is 85.4 Å². The van der Waals surface area contributed by atoms with Gasteiger partial charge in [-0.25, -0.2) is 18.9 Å². The Labute approximate surface area is 270 Å². The van der Waals surface area contributed by atoms with Crippen molar-refractivity contribution < 1.29 is 17.4 Å². The fraction of sp³-hybridized carbons (Fsp3) is 0.438. The van der Waals surface area contributed by atoms with Gasteiger partial charge in [-0.15, -0.1) is 11.3 Å². The molecule has 0 saturated carbocycles. The molecule has 5 heterocycles. The van der Waals surface area contributed by atoms with E-state index >= 15 is 0 Å². The Kier molecular flexibility index (Phi) is 9.15. The van der Waals surface area contributed by atoms with Gasteiger partial charge in [0, 0.05) is 88.8 Å². The van der Waals surface area contributed by atoms with Crippen LogP contribution in [0.3, 0.4) is 0 Å². The molecular weight excluding hydrogens is 634 g/mol. The quantitative estimate of drug-likeness (QED) is 0.215. The van der Waals surface area contributed by atoms with Gasteiger partial charge < -0.3 is 9.88 Å². The van der Waals surface area contributed by atoms with E-state index in [4.69, 9.17) is 0 Å². The van der Waals surface area contributed by atoms with Gasteiger partial charge >= 0.3 is 6.18 Å². The number of anilines is 1. The molecule has 6 rings (SSSR count). The van der Waals surface area contributed by atoms with E-state index in [1.165, 1.54) is 22.9 Å². The van der Waals surface area contributed by atoms with E-state index in [-0.39, 0.29) is 17.0 Å². The molecule has 1 atom stereocenters. The Morgan fingerprint density at radius 2 is 1.89 bits per heavy atom. The molecular formula is C32H37F3N8OS2. The number of halogens is 3. The van der Waals surface area contributed by atoms with Crippen molar-refractivity contribution in [2.75, 3.05) is 38.0 Å². The fourth-order valence-electron chi connectivity index (χ4n) is 6.40. The predicted octanol–water partition coefficient (Wildman–Crippen LogP) is 5.06. The molecule has 3 aromatic heterocycles. The van der Waals surface area contributed by atoms with Crippen LogP contribution in [0.1, 0.15) is 34.5 Å². The zero-order valence-corrected chi connectivity index (χ0v) is 27.3. The summed E-state index contributed by atoms with van der Waals surface area (Å²) in [4.78, 5) is 14.0. The maximum absolute atomic E-state index is 12.9. The monoisotopic (exact) mass is 670 g/mol. The summed E-state index contributed by atoms with van der Waals surface area (Å²) < 4.78 is 56.1. The summed E-state index contributed by atoms with van der Waals surface area (Å²) in [6.45, 7) is 11.3. The SMILES string of the molecule is C=CS(=C)(=O)NC1CN(CCn2c(C#N)cc3c(C)c(CN4CCC(Nc5ncnc6sc(CC(F)(F)F)cc56)CC4)ccc32)C1. The molecule has 0 amide bonds. The third-order valence-electron chi connectivity index (χ3n) is 8.89. The number of benzene rings is 1. The first-order valence-electron chi connectivity index (χ1n) is 15.2. The van der Waals surface area contributed by atoms with E-state index in [9.17, 15) is 22.6 Å². The largest absolute Gasteiger partial charge is 0.393 e. The summed E-state index contributed by atoms with van der Waals surface area (Å²) in [7, 11) is -2.45. The molecule has 1 aromatic carbocycles. The number of nitrogens with one attached hydrogen (secondary N) is 2. The lowest BCUT2D eigenvalue weighted by Gasteiger charge is -2.40. The van der Waals surface area contributed by atoms with Gasteiger partial charge in [-0.05, 0) is 55.0 Å². The lowest BCUT2D eigenvalue weighted by atomic mass is 10.0. The standard InChI is InChI=1S/C32H37F3N8OS2/c1-4-46(3,44)40-24-18-42(19-24)11-12-43-25(16-36)13-27-21(2)22(5-6-29(27)43)17-41-9-7-23(8-10-41)39-30-28-14-26(15-32(33,34)35)45-31(28)38-20-37-30/h4-6,13-14,20,23-24H,1,3,7-12,15,17-19H2,2H3,(H,40,44)(H,37,38,39). The van der Waals surface area contributed by atoms with Gasteiger partial charge in [0.05, 0.1) is 11.8 Å². The molecule has 2 aliphatic heterocycles. The lowest BCUT2D eigenvalue weighted by Crippen LogP contribution is -2.59. The maximum Gasteiger partial charge on any atom is 0.393 e. The molecule has 0 spiro atoms. The Bertz CT molecular complexity index is 1900. The second kappa shape index (κ2) is 13.0. The third kappa shape index (κ3) is 7.24. The minimum absolute atomic E-state index is 0.120. The van der Waals surface area contributed by atoms with Gasteiger partial charge in [-0.2, -0.15) is 18.4 Å². The number of thiophene rings is 1. The van der Waals surface area contributed by atoms with E-state index in [0.29, 0.717) is 28.3 Å². The number of rotatable bonds is 11. The normalized spacial score (nSPS) is 18.4. The summed E-state index contributed by atoms with van der Waals surface area (Å²) >= 11 is 1.06. The average molecular weight is 671 g/mol. The number of aryl methyl sites for hydroxylation is 1. The number of fused-ring (bicyclic) bond motifs is 2. The predicted molar refractivity (Wildman–Crippen MR) is 179 cm³/mol. The van der Waals surface area contributed by atoms with Crippen molar-refractivity contribution in [2.45, 2.75) is 57.5 Å². The van der Waals surface area contributed by atoms with Crippen LogP contribution in [0, 0.1) is 18.3 Å².